The summed E-state index contributed by atoms with van der Waals surface area (Å²) in [6.07, 6.45) is 0. The van der Waals surface area contributed by atoms with Crippen LogP contribution in [-0.4, -0.2) is 32.2 Å². The lowest BCUT2D eigenvalue weighted by molar-refractivity contribution is -0.113. The van der Waals surface area contributed by atoms with Gasteiger partial charge in [0, 0.05) is 27.5 Å². The normalized spacial score (nSPS) is 14.6. The summed E-state index contributed by atoms with van der Waals surface area (Å²) in [5.41, 5.74) is 4.26. The van der Waals surface area contributed by atoms with Gasteiger partial charge in [-0.05, 0) is 32.0 Å². The molecule has 4 aromatic rings. The van der Waals surface area contributed by atoms with Crippen LogP contribution in [0.1, 0.15) is 34.5 Å². The quantitative estimate of drug-likeness (QED) is 0.221. The largest absolute Gasteiger partial charge is 0.328 e. The SMILES string of the molecule is CC1=C(C(=O)Nc2ccccc2)[C@H](c2ccccc2Cl)n2nc(SCC(=O)c3ccc(C)cc3)nc2N1. The number of hydrogen-bond donors (Lipinski definition) is 2. The summed E-state index contributed by atoms with van der Waals surface area (Å²) in [7, 11) is 0. The molecule has 37 heavy (non-hydrogen) atoms. The second kappa shape index (κ2) is 10.6. The predicted octanol–water partition coefficient (Wildman–Crippen LogP) is 6.14. The topological polar surface area (TPSA) is 88.9 Å². The van der Waals surface area contributed by atoms with Gasteiger partial charge in [-0.1, -0.05) is 89.6 Å². The monoisotopic (exact) mass is 529 g/mol. The number of amides is 1. The van der Waals surface area contributed by atoms with E-state index in [1.165, 1.54) is 11.8 Å². The summed E-state index contributed by atoms with van der Waals surface area (Å²) in [5, 5.41) is 11.8. The first kappa shape index (κ1) is 24.8. The maximum absolute atomic E-state index is 13.5. The number of benzene rings is 3. The van der Waals surface area contributed by atoms with Crippen molar-refractivity contribution in [2.75, 3.05) is 16.4 Å². The van der Waals surface area contributed by atoms with E-state index in [1.807, 2.05) is 86.6 Å². The molecule has 186 valence electrons. The fraction of sp³-hybridized carbons (Fsp3) is 0.143. The Morgan fingerprint density at radius 3 is 2.43 bits per heavy atom. The van der Waals surface area contributed by atoms with Crippen molar-refractivity contribution in [1.29, 1.82) is 0 Å². The molecule has 0 unspecified atom stereocenters. The number of hydrogen-bond acceptors (Lipinski definition) is 6. The van der Waals surface area contributed by atoms with Crippen LogP contribution in [0.4, 0.5) is 11.6 Å². The minimum absolute atomic E-state index is 0.00869. The van der Waals surface area contributed by atoms with Gasteiger partial charge in [-0.3, -0.25) is 9.59 Å². The minimum atomic E-state index is -0.608. The second-order valence-corrected chi connectivity index (χ2v) is 10.00. The van der Waals surface area contributed by atoms with Crippen molar-refractivity contribution in [3.05, 3.63) is 112 Å². The average molecular weight is 530 g/mol. The molecule has 0 fully saturated rings. The first-order valence-electron chi connectivity index (χ1n) is 11.7. The molecule has 0 bridgehead atoms. The molecule has 2 N–H and O–H groups in total. The lowest BCUT2D eigenvalue weighted by atomic mass is 9.95. The lowest BCUT2D eigenvalue weighted by Crippen LogP contribution is -2.31. The van der Waals surface area contributed by atoms with Crippen LogP contribution in [0, 0.1) is 6.92 Å². The number of allylic oxidation sites excluding steroid dienone is 1. The van der Waals surface area contributed by atoms with E-state index >= 15 is 0 Å². The smallest absolute Gasteiger partial charge is 0.255 e. The van der Waals surface area contributed by atoms with Gasteiger partial charge in [0.25, 0.3) is 5.91 Å². The van der Waals surface area contributed by atoms with Crippen LogP contribution in [0.2, 0.25) is 5.02 Å². The highest BCUT2D eigenvalue weighted by molar-refractivity contribution is 7.99. The molecule has 1 atom stereocenters. The van der Waals surface area contributed by atoms with Crippen LogP contribution >= 0.6 is 23.4 Å². The van der Waals surface area contributed by atoms with E-state index in [4.69, 9.17) is 11.6 Å². The zero-order chi connectivity index (χ0) is 25.9. The number of halogens is 1. The number of carbonyl (C=O) groups is 2. The zero-order valence-electron chi connectivity index (χ0n) is 20.2. The zero-order valence-corrected chi connectivity index (χ0v) is 21.8. The molecule has 9 heteroatoms. The van der Waals surface area contributed by atoms with E-state index in [1.54, 1.807) is 10.7 Å². The number of anilines is 2. The molecule has 1 aromatic heterocycles. The van der Waals surface area contributed by atoms with E-state index < -0.39 is 6.04 Å². The van der Waals surface area contributed by atoms with Crippen molar-refractivity contribution in [3.63, 3.8) is 0 Å². The van der Waals surface area contributed by atoms with E-state index in [0.29, 0.717) is 38.6 Å². The number of nitrogens with zero attached hydrogens (tertiary/aromatic N) is 3. The Bertz CT molecular complexity index is 1500. The standard InChI is InChI=1S/C28H24ClN5O2S/c1-17-12-14-19(15-13-17)23(35)16-37-28-32-27-30-18(2)24(26(36)31-20-8-4-3-5-9-20)25(34(27)33-28)21-10-6-7-11-22(21)29/h3-15,25H,16H2,1-2H3,(H,31,36)(H,30,32,33)/t25-/m0/s1. The van der Waals surface area contributed by atoms with Gasteiger partial charge < -0.3 is 10.6 Å². The third-order valence-electron chi connectivity index (χ3n) is 6.02. The molecule has 0 saturated carbocycles. The molecule has 0 aliphatic carbocycles. The highest BCUT2D eigenvalue weighted by Gasteiger charge is 2.35. The van der Waals surface area contributed by atoms with Crippen LogP contribution in [-0.2, 0) is 4.79 Å². The van der Waals surface area contributed by atoms with Gasteiger partial charge >= 0.3 is 0 Å². The molecule has 1 aliphatic rings. The molecule has 3 aromatic carbocycles. The number of nitrogens with one attached hydrogen (secondary N) is 2. The Morgan fingerprint density at radius 1 is 1.00 bits per heavy atom. The molecule has 0 saturated heterocycles. The number of carbonyl (C=O) groups excluding carboxylic acids is 2. The highest BCUT2D eigenvalue weighted by atomic mass is 35.5. The van der Waals surface area contributed by atoms with Crippen LogP contribution in [0.25, 0.3) is 0 Å². The molecule has 2 heterocycles. The van der Waals surface area contributed by atoms with Gasteiger partial charge in [0.15, 0.2) is 5.78 Å². The summed E-state index contributed by atoms with van der Waals surface area (Å²) in [6.45, 7) is 3.81. The fourth-order valence-electron chi connectivity index (χ4n) is 4.14. The van der Waals surface area contributed by atoms with Gasteiger partial charge in [-0.25, -0.2) is 4.68 Å². The average Bonchev–Trinajstić information content (AvgIpc) is 3.30. The summed E-state index contributed by atoms with van der Waals surface area (Å²) in [5.74, 6) is 0.387. The Labute approximate surface area is 224 Å². The number of Topliss-reactive ketones (excluding diaryl/α,β-unsaturated/α-hetero) is 1. The van der Waals surface area contributed by atoms with Crippen molar-refractivity contribution >= 4 is 46.7 Å². The van der Waals surface area contributed by atoms with Gasteiger partial charge in [0.2, 0.25) is 11.1 Å². The lowest BCUT2D eigenvalue weighted by Gasteiger charge is -2.29. The third-order valence-corrected chi connectivity index (χ3v) is 7.20. The number of fused-ring (bicyclic) bond motifs is 1. The fourth-order valence-corrected chi connectivity index (χ4v) is 5.11. The Kier molecular flexibility index (Phi) is 7.12. The number of para-hydroxylation sites is 1. The van der Waals surface area contributed by atoms with Crippen LogP contribution < -0.4 is 10.6 Å². The maximum atomic E-state index is 13.5. The first-order chi connectivity index (χ1) is 17.9. The highest BCUT2D eigenvalue weighted by Crippen LogP contribution is 2.39. The molecule has 0 spiro atoms. The molecule has 7 nitrogen and oxygen atoms in total. The van der Waals surface area contributed by atoms with Crippen molar-refractivity contribution < 1.29 is 9.59 Å². The second-order valence-electron chi connectivity index (χ2n) is 8.65. The van der Waals surface area contributed by atoms with Crippen molar-refractivity contribution in [2.45, 2.75) is 25.0 Å². The van der Waals surface area contributed by atoms with Crippen LogP contribution in [0.5, 0.6) is 0 Å². The molecule has 1 amide bonds. The van der Waals surface area contributed by atoms with Crippen LogP contribution in [0.3, 0.4) is 0 Å². The van der Waals surface area contributed by atoms with Crippen molar-refractivity contribution in [2.24, 2.45) is 0 Å². The van der Waals surface area contributed by atoms with Crippen molar-refractivity contribution in [1.82, 2.24) is 14.8 Å². The molecule has 0 radical (unpaired) electrons. The Balaban J connectivity index is 1.46. The summed E-state index contributed by atoms with van der Waals surface area (Å²) in [4.78, 5) is 30.8. The van der Waals surface area contributed by atoms with Gasteiger partial charge in [-0.15, -0.1) is 5.10 Å². The first-order valence-corrected chi connectivity index (χ1v) is 13.0. The number of ketones is 1. The summed E-state index contributed by atoms with van der Waals surface area (Å²) in [6, 6.07) is 23.5. The van der Waals surface area contributed by atoms with Crippen molar-refractivity contribution in [3.8, 4) is 0 Å². The molecule has 1 aliphatic heterocycles. The third kappa shape index (κ3) is 5.30. The molecule has 5 rings (SSSR count). The van der Waals surface area contributed by atoms with Gasteiger partial charge in [0.05, 0.1) is 11.3 Å². The van der Waals surface area contributed by atoms with E-state index in [2.05, 4.69) is 20.7 Å². The predicted molar refractivity (Wildman–Crippen MR) is 147 cm³/mol. The van der Waals surface area contributed by atoms with E-state index in [-0.39, 0.29) is 17.4 Å². The Hall–Kier alpha value is -3.88. The van der Waals surface area contributed by atoms with E-state index in [0.717, 1.165) is 11.1 Å². The van der Waals surface area contributed by atoms with Crippen LogP contribution in [0.15, 0.2) is 95.3 Å². The van der Waals surface area contributed by atoms with E-state index in [9.17, 15) is 9.59 Å². The number of thioether (sulfide) groups is 1. The number of aryl methyl sites for hydroxylation is 1. The van der Waals surface area contributed by atoms with Gasteiger partial charge in [-0.2, -0.15) is 4.98 Å². The minimum Gasteiger partial charge on any atom is -0.328 e. The Morgan fingerprint density at radius 2 is 1.70 bits per heavy atom. The summed E-state index contributed by atoms with van der Waals surface area (Å²) >= 11 is 7.86. The molecular formula is C28H24ClN5O2S. The molecular weight excluding hydrogens is 506 g/mol. The number of aromatic nitrogens is 3. The van der Waals surface area contributed by atoms with Gasteiger partial charge in [0.1, 0.15) is 6.04 Å². The summed E-state index contributed by atoms with van der Waals surface area (Å²) < 4.78 is 1.66. The maximum Gasteiger partial charge on any atom is 0.255 e. The number of rotatable bonds is 7.